The quantitative estimate of drug-likeness (QED) is 0.765. The molecule has 0 heterocycles. The maximum atomic E-state index is 12.1. The fourth-order valence-electron chi connectivity index (χ4n) is 1.56. The first-order valence-electron chi connectivity index (χ1n) is 4.74. The SMILES string of the molecule is Cc1cccc(S(=O)(=O)C2(C#N)CC2)c1. The fourth-order valence-corrected chi connectivity index (χ4v) is 3.37. The molecule has 15 heavy (non-hydrogen) atoms. The lowest BCUT2D eigenvalue weighted by Gasteiger charge is -2.08. The minimum absolute atomic E-state index is 0.265. The van der Waals surface area contributed by atoms with Crippen LogP contribution in [0.4, 0.5) is 0 Å². The molecule has 2 rings (SSSR count). The molecular weight excluding hydrogens is 210 g/mol. The largest absolute Gasteiger partial charge is 0.222 e. The molecule has 4 heteroatoms. The van der Waals surface area contributed by atoms with E-state index in [1.165, 1.54) is 0 Å². The summed E-state index contributed by atoms with van der Waals surface area (Å²) in [7, 11) is -3.46. The smallest absolute Gasteiger partial charge is 0.197 e. The minimum Gasteiger partial charge on any atom is -0.222 e. The average Bonchev–Trinajstić information content (AvgIpc) is 2.98. The van der Waals surface area contributed by atoms with Crippen LogP contribution in [0.15, 0.2) is 29.2 Å². The molecule has 0 unspecified atom stereocenters. The molecule has 0 spiro atoms. The van der Waals surface area contributed by atoms with E-state index >= 15 is 0 Å². The average molecular weight is 221 g/mol. The van der Waals surface area contributed by atoms with Crippen LogP contribution in [-0.2, 0) is 9.84 Å². The lowest BCUT2D eigenvalue weighted by atomic mass is 10.2. The van der Waals surface area contributed by atoms with E-state index in [4.69, 9.17) is 5.26 Å². The van der Waals surface area contributed by atoms with Crippen molar-refractivity contribution in [2.45, 2.75) is 29.4 Å². The summed E-state index contributed by atoms with van der Waals surface area (Å²) in [5.41, 5.74) is 0.893. The first-order chi connectivity index (χ1) is 7.02. The van der Waals surface area contributed by atoms with Crippen molar-refractivity contribution in [3.8, 4) is 6.07 Å². The number of sulfone groups is 1. The van der Waals surface area contributed by atoms with Crippen LogP contribution in [0.3, 0.4) is 0 Å². The van der Waals surface area contributed by atoms with E-state index in [9.17, 15) is 8.42 Å². The van der Waals surface area contributed by atoms with Crippen LogP contribution in [0.25, 0.3) is 0 Å². The van der Waals surface area contributed by atoms with Crippen LogP contribution in [-0.4, -0.2) is 13.2 Å². The Balaban J connectivity index is 2.53. The maximum absolute atomic E-state index is 12.1. The van der Waals surface area contributed by atoms with Crippen molar-refractivity contribution in [2.24, 2.45) is 0 Å². The molecule has 1 saturated carbocycles. The normalized spacial score (nSPS) is 18.1. The third kappa shape index (κ3) is 1.44. The van der Waals surface area contributed by atoms with Gasteiger partial charge in [-0.15, -0.1) is 0 Å². The van der Waals surface area contributed by atoms with Gasteiger partial charge in [-0.3, -0.25) is 0 Å². The Morgan fingerprint density at radius 1 is 1.40 bits per heavy atom. The van der Waals surface area contributed by atoms with E-state index in [0.717, 1.165) is 5.56 Å². The zero-order valence-electron chi connectivity index (χ0n) is 8.40. The second kappa shape index (κ2) is 3.07. The fraction of sp³-hybridized carbons (Fsp3) is 0.364. The van der Waals surface area contributed by atoms with Crippen molar-refractivity contribution < 1.29 is 8.42 Å². The number of hydrogen-bond donors (Lipinski definition) is 0. The number of aryl methyl sites for hydroxylation is 1. The van der Waals surface area contributed by atoms with Gasteiger partial charge in [0.1, 0.15) is 0 Å². The number of rotatable bonds is 2. The van der Waals surface area contributed by atoms with E-state index in [0.29, 0.717) is 12.8 Å². The van der Waals surface area contributed by atoms with E-state index in [1.54, 1.807) is 18.2 Å². The molecule has 0 aliphatic heterocycles. The van der Waals surface area contributed by atoms with Gasteiger partial charge in [0.05, 0.1) is 11.0 Å². The highest BCUT2D eigenvalue weighted by Crippen LogP contribution is 2.46. The number of hydrogen-bond acceptors (Lipinski definition) is 3. The number of nitriles is 1. The molecule has 0 amide bonds. The Kier molecular flexibility index (Phi) is 2.09. The van der Waals surface area contributed by atoms with Gasteiger partial charge >= 0.3 is 0 Å². The summed E-state index contributed by atoms with van der Waals surface area (Å²) in [5.74, 6) is 0. The van der Waals surface area contributed by atoms with Gasteiger partial charge in [-0.05, 0) is 37.5 Å². The summed E-state index contributed by atoms with van der Waals surface area (Å²) in [6.07, 6.45) is 0.916. The molecular formula is C11H11NO2S. The van der Waals surface area contributed by atoms with Crippen LogP contribution in [0.5, 0.6) is 0 Å². The van der Waals surface area contributed by atoms with E-state index in [-0.39, 0.29) is 4.90 Å². The first-order valence-corrected chi connectivity index (χ1v) is 6.23. The molecule has 3 nitrogen and oxygen atoms in total. The van der Waals surface area contributed by atoms with Gasteiger partial charge in [0.15, 0.2) is 14.6 Å². The molecule has 1 aromatic carbocycles. The Morgan fingerprint density at radius 3 is 2.53 bits per heavy atom. The van der Waals surface area contributed by atoms with Crippen molar-refractivity contribution in [1.29, 1.82) is 5.26 Å². The van der Waals surface area contributed by atoms with Gasteiger partial charge in [-0.1, -0.05) is 12.1 Å². The summed E-state index contributed by atoms with van der Waals surface area (Å²) in [6.45, 7) is 1.84. The molecule has 0 atom stereocenters. The molecule has 1 aliphatic rings. The van der Waals surface area contributed by atoms with Crippen LogP contribution < -0.4 is 0 Å². The Morgan fingerprint density at radius 2 is 2.07 bits per heavy atom. The molecule has 1 aliphatic carbocycles. The van der Waals surface area contributed by atoms with Crippen molar-refractivity contribution >= 4 is 9.84 Å². The molecule has 1 aromatic rings. The summed E-state index contributed by atoms with van der Waals surface area (Å²) < 4.78 is 23.0. The van der Waals surface area contributed by atoms with Gasteiger partial charge in [0.2, 0.25) is 0 Å². The molecule has 0 saturated heterocycles. The van der Waals surface area contributed by atoms with Gasteiger partial charge in [-0.2, -0.15) is 5.26 Å². The number of benzene rings is 1. The van der Waals surface area contributed by atoms with Crippen molar-refractivity contribution in [3.05, 3.63) is 29.8 Å². The van der Waals surface area contributed by atoms with E-state index in [1.807, 2.05) is 19.1 Å². The highest BCUT2D eigenvalue weighted by Gasteiger charge is 2.55. The Labute approximate surface area is 89.3 Å². The molecule has 1 fully saturated rings. The highest BCUT2D eigenvalue weighted by molar-refractivity contribution is 7.93. The maximum Gasteiger partial charge on any atom is 0.197 e. The molecule has 0 N–H and O–H groups in total. The zero-order chi connectivity index (χ0) is 11.1. The first kappa shape index (κ1) is 10.2. The monoisotopic (exact) mass is 221 g/mol. The van der Waals surface area contributed by atoms with Crippen molar-refractivity contribution in [2.75, 3.05) is 0 Å². The van der Waals surface area contributed by atoms with Crippen LogP contribution >= 0.6 is 0 Å². The third-order valence-electron chi connectivity index (χ3n) is 2.72. The predicted octanol–water partition coefficient (Wildman–Crippen LogP) is 1.82. The van der Waals surface area contributed by atoms with Gasteiger partial charge in [0, 0.05) is 0 Å². The van der Waals surface area contributed by atoms with Gasteiger partial charge in [-0.25, -0.2) is 8.42 Å². The molecule has 0 bridgehead atoms. The van der Waals surface area contributed by atoms with Crippen LogP contribution in [0.1, 0.15) is 18.4 Å². The molecule has 78 valence electrons. The van der Waals surface area contributed by atoms with E-state index < -0.39 is 14.6 Å². The van der Waals surface area contributed by atoms with Gasteiger partial charge in [0.25, 0.3) is 0 Å². The second-order valence-electron chi connectivity index (χ2n) is 3.93. The topological polar surface area (TPSA) is 57.9 Å². The molecule has 0 radical (unpaired) electrons. The third-order valence-corrected chi connectivity index (χ3v) is 5.13. The standard InChI is InChI=1S/C11H11NO2S/c1-9-3-2-4-10(7-9)15(13,14)11(8-12)5-6-11/h2-4,7H,5-6H2,1H3. The van der Waals surface area contributed by atoms with Crippen LogP contribution in [0.2, 0.25) is 0 Å². The van der Waals surface area contributed by atoms with Crippen molar-refractivity contribution in [1.82, 2.24) is 0 Å². The summed E-state index contributed by atoms with van der Waals surface area (Å²) in [5, 5.41) is 8.89. The lowest BCUT2D eigenvalue weighted by Crippen LogP contribution is -2.21. The minimum atomic E-state index is -3.46. The molecule has 0 aromatic heterocycles. The van der Waals surface area contributed by atoms with Crippen LogP contribution in [0, 0.1) is 18.3 Å². The Hall–Kier alpha value is -1.34. The van der Waals surface area contributed by atoms with Gasteiger partial charge < -0.3 is 0 Å². The second-order valence-corrected chi connectivity index (χ2v) is 6.19. The predicted molar refractivity (Wildman–Crippen MR) is 55.9 cm³/mol. The highest BCUT2D eigenvalue weighted by atomic mass is 32.2. The van der Waals surface area contributed by atoms with E-state index in [2.05, 4.69) is 0 Å². The number of nitrogens with zero attached hydrogens (tertiary/aromatic N) is 1. The van der Waals surface area contributed by atoms with Crippen molar-refractivity contribution in [3.63, 3.8) is 0 Å². The zero-order valence-corrected chi connectivity index (χ0v) is 9.21. The summed E-state index contributed by atoms with van der Waals surface area (Å²) >= 11 is 0. The summed E-state index contributed by atoms with van der Waals surface area (Å²) in [6, 6.07) is 8.64. The summed E-state index contributed by atoms with van der Waals surface area (Å²) in [4.78, 5) is 0.265. The lowest BCUT2D eigenvalue weighted by molar-refractivity contribution is 0.588. The Bertz CT molecular complexity index is 536.